The van der Waals surface area contributed by atoms with Crippen molar-refractivity contribution in [3.8, 4) is 0 Å². The summed E-state index contributed by atoms with van der Waals surface area (Å²) in [5, 5.41) is 5.39. The average Bonchev–Trinajstić information content (AvgIpc) is 2.47. The fourth-order valence-corrected chi connectivity index (χ4v) is 2.89. The lowest BCUT2D eigenvalue weighted by Gasteiger charge is -2.33. The molecule has 1 aromatic rings. The molecule has 2 aliphatic rings. The highest BCUT2D eigenvalue weighted by atomic mass is 16.5. The zero-order valence-corrected chi connectivity index (χ0v) is 11.8. The molecule has 0 aliphatic carbocycles. The minimum Gasteiger partial charge on any atom is -0.382 e. The second-order valence-electron chi connectivity index (χ2n) is 5.50. The standard InChI is InChI=1S/C15H21N3O2/c1-11-10-13(12-4-2-3-5-14(12)16-11)15(19)17-18-6-8-20-9-7-18/h2-5,11,13,16H,6-10H2,1H3,(H,17,19). The average molecular weight is 275 g/mol. The fourth-order valence-electron chi connectivity index (χ4n) is 2.89. The number of fused-ring (bicyclic) bond motifs is 1. The van der Waals surface area contributed by atoms with Crippen LogP contribution in [-0.4, -0.2) is 43.3 Å². The van der Waals surface area contributed by atoms with Crippen LogP contribution in [0.1, 0.15) is 24.8 Å². The molecule has 2 unspecified atom stereocenters. The molecule has 3 rings (SSSR count). The quantitative estimate of drug-likeness (QED) is 0.855. The van der Waals surface area contributed by atoms with Crippen LogP contribution in [0.5, 0.6) is 0 Å². The Bertz CT molecular complexity index is 486. The molecule has 2 heterocycles. The summed E-state index contributed by atoms with van der Waals surface area (Å²) in [5.74, 6) is 0.0120. The van der Waals surface area contributed by atoms with Gasteiger partial charge in [-0.3, -0.25) is 10.2 Å². The predicted molar refractivity (Wildman–Crippen MR) is 77.4 cm³/mol. The van der Waals surface area contributed by atoms with Crippen LogP contribution in [-0.2, 0) is 9.53 Å². The summed E-state index contributed by atoms with van der Waals surface area (Å²) >= 11 is 0. The van der Waals surface area contributed by atoms with E-state index >= 15 is 0 Å². The molecular weight excluding hydrogens is 254 g/mol. The summed E-state index contributed by atoms with van der Waals surface area (Å²) in [7, 11) is 0. The van der Waals surface area contributed by atoms with Gasteiger partial charge in [-0.25, -0.2) is 5.01 Å². The third kappa shape index (κ3) is 2.78. The van der Waals surface area contributed by atoms with Crippen LogP contribution < -0.4 is 10.7 Å². The maximum atomic E-state index is 12.6. The highest BCUT2D eigenvalue weighted by Gasteiger charge is 2.30. The topological polar surface area (TPSA) is 53.6 Å². The third-order valence-corrected chi connectivity index (χ3v) is 3.92. The molecule has 108 valence electrons. The van der Waals surface area contributed by atoms with Gasteiger partial charge in [0.05, 0.1) is 19.1 Å². The number of morpholine rings is 1. The second-order valence-corrected chi connectivity index (χ2v) is 5.50. The first-order chi connectivity index (χ1) is 9.74. The van der Waals surface area contributed by atoms with Gasteiger partial charge in [0.2, 0.25) is 5.91 Å². The van der Waals surface area contributed by atoms with Crippen LogP contribution in [0, 0.1) is 0 Å². The molecule has 2 N–H and O–H groups in total. The second kappa shape index (κ2) is 5.81. The van der Waals surface area contributed by atoms with E-state index < -0.39 is 0 Å². The number of benzene rings is 1. The van der Waals surface area contributed by atoms with E-state index in [1.807, 2.05) is 29.3 Å². The van der Waals surface area contributed by atoms with Gasteiger partial charge in [-0.2, -0.15) is 0 Å². The molecule has 20 heavy (non-hydrogen) atoms. The van der Waals surface area contributed by atoms with E-state index in [9.17, 15) is 4.79 Å². The Morgan fingerprint density at radius 1 is 1.35 bits per heavy atom. The molecule has 5 nitrogen and oxygen atoms in total. The van der Waals surface area contributed by atoms with E-state index in [1.165, 1.54) is 0 Å². The number of para-hydroxylation sites is 1. The lowest BCUT2D eigenvalue weighted by Crippen LogP contribution is -2.50. The van der Waals surface area contributed by atoms with E-state index in [-0.39, 0.29) is 11.8 Å². The smallest absolute Gasteiger partial charge is 0.241 e. The van der Waals surface area contributed by atoms with E-state index in [0.29, 0.717) is 19.3 Å². The summed E-state index contributed by atoms with van der Waals surface area (Å²) in [4.78, 5) is 12.6. The van der Waals surface area contributed by atoms with Crippen LogP contribution in [0.15, 0.2) is 24.3 Å². The molecule has 0 bridgehead atoms. The minimum atomic E-state index is -0.0784. The Hall–Kier alpha value is -1.59. The maximum Gasteiger partial charge on any atom is 0.241 e. The number of ether oxygens (including phenoxy) is 1. The maximum absolute atomic E-state index is 12.6. The largest absolute Gasteiger partial charge is 0.382 e. The van der Waals surface area contributed by atoms with Crippen molar-refractivity contribution in [3.05, 3.63) is 29.8 Å². The van der Waals surface area contributed by atoms with E-state index in [2.05, 4.69) is 17.7 Å². The molecule has 5 heteroatoms. The summed E-state index contributed by atoms with van der Waals surface area (Å²) in [6, 6.07) is 8.38. The van der Waals surface area contributed by atoms with Gasteiger partial charge >= 0.3 is 0 Å². The third-order valence-electron chi connectivity index (χ3n) is 3.92. The van der Waals surface area contributed by atoms with E-state index in [4.69, 9.17) is 4.74 Å². The monoisotopic (exact) mass is 275 g/mol. The number of carbonyl (C=O) groups is 1. The number of hydrazine groups is 1. The molecule has 2 aliphatic heterocycles. The normalized spacial score (nSPS) is 26.4. The van der Waals surface area contributed by atoms with E-state index in [1.54, 1.807) is 0 Å². The first-order valence-corrected chi connectivity index (χ1v) is 7.22. The number of hydrogen-bond acceptors (Lipinski definition) is 4. The first kappa shape index (κ1) is 13.4. The number of rotatable bonds is 2. The SMILES string of the molecule is CC1CC(C(=O)NN2CCOCC2)c2ccccc2N1. The van der Waals surface area contributed by atoms with Gasteiger partial charge < -0.3 is 10.1 Å². The van der Waals surface area contributed by atoms with Crippen LogP contribution >= 0.6 is 0 Å². The van der Waals surface area contributed by atoms with Gasteiger partial charge in [-0.05, 0) is 25.0 Å². The van der Waals surface area contributed by atoms with Crippen molar-refractivity contribution >= 4 is 11.6 Å². The van der Waals surface area contributed by atoms with Crippen molar-refractivity contribution in [1.82, 2.24) is 10.4 Å². The highest BCUT2D eigenvalue weighted by molar-refractivity contribution is 5.86. The molecule has 0 saturated carbocycles. The Balaban J connectivity index is 1.74. The molecule has 2 atom stereocenters. The van der Waals surface area contributed by atoms with Crippen molar-refractivity contribution in [2.24, 2.45) is 0 Å². The van der Waals surface area contributed by atoms with Crippen molar-refractivity contribution in [3.63, 3.8) is 0 Å². The number of nitrogens with zero attached hydrogens (tertiary/aromatic N) is 1. The molecular formula is C15H21N3O2. The Kier molecular flexibility index (Phi) is 3.89. The highest BCUT2D eigenvalue weighted by Crippen LogP contribution is 2.34. The Morgan fingerprint density at radius 3 is 2.90 bits per heavy atom. The van der Waals surface area contributed by atoms with Crippen molar-refractivity contribution < 1.29 is 9.53 Å². The van der Waals surface area contributed by atoms with E-state index in [0.717, 1.165) is 30.8 Å². The van der Waals surface area contributed by atoms with Gasteiger partial charge in [-0.15, -0.1) is 0 Å². The van der Waals surface area contributed by atoms with Gasteiger partial charge in [0.15, 0.2) is 0 Å². The minimum absolute atomic E-state index is 0.0784. The number of amides is 1. The van der Waals surface area contributed by atoms with Crippen molar-refractivity contribution in [2.45, 2.75) is 25.3 Å². The number of carbonyl (C=O) groups excluding carboxylic acids is 1. The molecule has 1 fully saturated rings. The van der Waals surface area contributed by atoms with Gasteiger partial charge in [-0.1, -0.05) is 18.2 Å². The molecule has 1 saturated heterocycles. The van der Waals surface area contributed by atoms with Crippen molar-refractivity contribution in [2.75, 3.05) is 31.6 Å². The zero-order chi connectivity index (χ0) is 13.9. The molecule has 1 aromatic carbocycles. The number of anilines is 1. The molecule has 0 aromatic heterocycles. The Labute approximate surface area is 119 Å². The molecule has 0 spiro atoms. The first-order valence-electron chi connectivity index (χ1n) is 7.22. The molecule has 0 radical (unpaired) electrons. The summed E-state index contributed by atoms with van der Waals surface area (Å²) in [6.07, 6.45) is 0.827. The zero-order valence-electron chi connectivity index (χ0n) is 11.8. The van der Waals surface area contributed by atoms with Crippen LogP contribution in [0.25, 0.3) is 0 Å². The summed E-state index contributed by atoms with van der Waals surface area (Å²) < 4.78 is 5.30. The number of nitrogens with one attached hydrogen (secondary N) is 2. The lowest BCUT2D eigenvalue weighted by atomic mass is 9.87. The summed E-state index contributed by atoms with van der Waals surface area (Å²) in [5.41, 5.74) is 5.21. The molecule has 1 amide bonds. The van der Waals surface area contributed by atoms with Crippen LogP contribution in [0.4, 0.5) is 5.69 Å². The van der Waals surface area contributed by atoms with Gasteiger partial charge in [0.25, 0.3) is 0 Å². The lowest BCUT2D eigenvalue weighted by molar-refractivity contribution is -0.129. The number of hydrogen-bond donors (Lipinski definition) is 2. The summed E-state index contributed by atoms with van der Waals surface area (Å²) in [6.45, 7) is 4.99. The van der Waals surface area contributed by atoms with Gasteiger partial charge in [0, 0.05) is 24.8 Å². The predicted octanol–water partition coefficient (Wildman–Crippen LogP) is 1.34. The fraction of sp³-hybridized carbons (Fsp3) is 0.533. The van der Waals surface area contributed by atoms with Crippen LogP contribution in [0.2, 0.25) is 0 Å². The van der Waals surface area contributed by atoms with Crippen molar-refractivity contribution in [1.29, 1.82) is 0 Å². The van der Waals surface area contributed by atoms with Crippen LogP contribution in [0.3, 0.4) is 0 Å². The Morgan fingerprint density at radius 2 is 2.10 bits per heavy atom. The van der Waals surface area contributed by atoms with Gasteiger partial charge in [0.1, 0.15) is 0 Å².